The quantitative estimate of drug-likeness (QED) is 0.806. The van der Waals surface area contributed by atoms with Crippen molar-refractivity contribution in [1.82, 2.24) is 14.5 Å². The standard InChI is InChI=1S/C16H20ClN3/c17-9-7-16-18-14-3-1-2-4-15(14)20(16)13-8-10-19(11-13)12-5-6-12/h1-4,12-13H,5-11H2. The van der Waals surface area contributed by atoms with E-state index in [1.807, 2.05) is 0 Å². The number of hydrogen-bond acceptors (Lipinski definition) is 2. The summed E-state index contributed by atoms with van der Waals surface area (Å²) in [6.07, 6.45) is 4.89. The molecule has 1 aromatic heterocycles. The van der Waals surface area contributed by atoms with Crippen molar-refractivity contribution in [2.45, 2.75) is 37.8 Å². The number of alkyl halides is 1. The number of hydrogen-bond donors (Lipinski definition) is 0. The van der Waals surface area contributed by atoms with Gasteiger partial charge in [-0.05, 0) is 31.4 Å². The van der Waals surface area contributed by atoms with Crippen LogP contribution in [0.1, 0.15) is 31.1 Å². The summed E-state index contributed by atoms with van der Waals surface area (Å²) in [5.74, 6) is 1.80. The predicted molar refractivity (Wildman–Crippen MR) is 82.4 cm³/mol. The van der Waals surface area contributed by atoms with Crippen molar-refractivity contribution in [2.75, 3.05) is 19.0 Å². The minimum Gasteiger partial charge on any atom is -0.323 e. The van der Waals surface area contributed by atoms with Crippen molar-refractivity contribution < 1.29 is 0 Å². The molecule has 106 valence electrons. The van der Waals surface area contributed by atoms with E-state index in [0.29, 0.717) is 11.9 Å². The van der Waals surface area contributed by atoms with Crippen molar-refractivity contribution in [3.05, 3.63) is 30.1 Å². The van der Waals surface area contributed by atoms with Crippen LogP contribution >= 0.6 is 11.6 Å². The molecule has 1 saturated carbocycles. The van der Waals surface area contributed by atoms with Crippen LogP contribution < -0.4 is 0 Å². The Morgan fingerprint density at radius 2 is 2.00 bits per heavy atom. The lowest BCUT2D eigenvalue weighted by molar-refractivity contribution is 0.314. The Labute approximate surface area is 124 Å². The zero-order chi connectivity index (χ0) is 13.5. The number of imidazole rings is 1. The van der Waals surface area contributed by atoms with E-state index >= 15 is 0 Å². The van der Waals surface area contributed by atoms with E-state index in [1.54, 1.807) is 0 Å². The van der Waals surface area contributed by atoms with Crippen molar-refractivity contribution in [1.29, 1.82) is 0 Å². The maximum atomic E-state index is 5.97. The van der Waals surface area contributed by atoms with Crippen LogP contribution in [0.5, 0.6) is 0 Å². The molecule has 0 bridgehead atoms. The third-order valence-electron chi connectivity index (χ3n) is 4.61. The number of fused-ring (bicyclic) bond motifs is 1. The molecule has 1 atom stereocenters. The number of nitrogens with zero attached hydrogens (tertiary/aromatic N) is 3. The fourth-order valence-electron chi connectivity index (χ4n) is 3.51. The second kappa shape index (κ2) is 5.05. The molecule has 0 amide bonds. The normalized spacial score (nSPS) is 23.8. The maximum Gasteiger partial charge on any atom is 0.111 e. The highest BCUT2D eigenvalue weighted by Crippen LogP contribution is 2.35. The van der Waals surface area contributed by atoms with E-state index in [2.05, 4.69) is 33.7 Å². The first kappa shape index (κ1) is 12.7. The molecule has 1 aliphatic heterocycles. The molecular weight excluding hydrogens is 270 g/mol. The van der Waals surface area contributed by atoms with Gasteiger partial charge >= 0.3 is 0 Å². The third kappa shape index (κ3) is 2.13. The maximum absolute atomic E-state index is 5.97. The van der Waals surface area contributed by atoms with Crippen LogP contribution in [0.2, 0.25) is 0 Å². The number of likely N-dealkylation sites (tertiary alicyclic amines) is 1. The highest BCUT2D eigenvalue weighted by Gasteiger charge is 2.35. The molecule has 0 N–H and O–H groups in total. The zero-order valence-corrected chi connectivity index (χ0v) is 12.4. The lowest BCUT2D eigenvalue weighted by Crippen LogP contribution is -2.24. The first-order valence-corrected chi connectivity index (χ1v) is 8.16. The van der Waals surface area contributed by atoms with Gasteiger partial charge in [0.1, 0.15) is 5.82 Å². The van der Waals surface area contributed by atoms with Crippen LogP contribution in [0.15, 0.2) is 24.3 Å². The minimum absolute atomic E-state index is 0.571. The van der Waals surface area contributed by atoms with Gasteiger partial charge in [0.15, 0.2) is 0 Å². The van der Waals surface area contributed by atoms with Crippen LogP contribution in [-0.2, 0) is 6.42 Å². The molecule has 2 aromatic rings. The summed E-state index contributed by atoms with van der Waals surface area (Å²) in [5, 5.41) is 0. The highest BCUT2D eigenvalue weighted by molar-refractivity contribution is 6.17. The predicted octanol–water partition coefficient (Wildman–Crippen LogP) is 3.23. The van der Waals surface area contributed by atoms with Gasteiger partial charge in [-0.25, -0.2) is 4.98 Å². The van der Waals surface area contributed by atoms with Gasteiger partial charge in [-0.1, -0.05) is 12.1 Å². The average Bonchev–Trinajstić information content (AvgIpc) is 3.09. The van der Waals surface area contributed by atoms with Gasteiger partial charge in [0.25, 0.3) is 0 Å². The van der Waals surface area contributed by atoms with Crippen molar-refractivity contribution in [3.8, 4) is 0 Å². The van der Waals surface area contributed by atoms with E-state index in [1.165, 1.54) is 37.9 Å². The number of aromatic nitrogens is 2. The molecule has 2 aliphatic rings. The lowest BCUT2D eigenvalue weighted by Gasteiger charge is -2.18. The summed E-state index contributed by atoms with van der Waals surface area (Å²) in [7, 11) is 0. The number of aryl methyl sites for hydroxylation is 1. The van der Waals surface area contributed by atoms with E-state index in [0.717, 1.165) is 23.8 Å². The molecule has 1 aliphatic carbocycles. The van der Waals surface area contributed by atoms with Crippen molar-refractivity contribution in [2.24, 2.45) is 0 Å². The molecule has 4 rings (SSSR count). The van der Waals surface area contributed by atoms with Gasteiger partial charge in [0.05, 0.1) is 11.0 Å². The van der Waals surface area contributed by atoms with Crippen LogP contribution in [0.25, 0.3) is 11.0 Å². The van der Waals surface area contributed by atoms with Gasteiger partial charge in [-0.3, -0.25) is 4.90 Å². The second-order valence-electron chi connectivity index (χ2n) is 5.99. The molecular formula is C16H20ClN3. The second-order valence-corrected chi connectivity index (χ2v) is 6.37. The Hall–Kier alpha value is -1.06. The third-order valence-corrected chi connectivity index (χ3v) is 4.80. The molecule has 1 unspecified atom stereocenters. The van der Waals surface area contributed by atoms with Gasteiger partial charge in [0.2, 0.25) is 0 Å². The molecule has 1 saturated heterocycles. The SMILES string of the molecule is ClCCc1nc2ccccc2n1C1CCN(C2CC2)C1. The summed E-state index contributed by atoms with van der Waals surface area (Å²) >= 11 is 5.97. The summed E-state index contributed by atoms with van der Waals surface area (Å²) in [5.41, 5.74) is 2.38. The fraction of sp³-hybridized carbons (Fsp3) is 0.562. The number of halogens is 1. The number of rotatable bonds is 4. The Balaban J connectivity index is 1.71. The van der Waals surface area contributed by atoms with Crippen molar-refractivity contribution >= 4 is 22.6 Å². The lowest BCUT2D eigenvalue weighted by atomic mass is 10.2. The molecule has 1 aromatic carbocycles. The monoisotopic (exact) mass is 289 g/mol. The first-order chi connectivity index (χ1) is 9.86. The molecule has 0 spiro atoms. The van der Waals surface area contributed by atoms with E-state index in [-0.39, 0.29) is 0 Å². The van der Waals surface area contributed by atoms with Crippen LogP contribution in [0, 0.1) is 0 Å². The summed E-state index contributed by atoms with van der Waals surface area (Å²) < 4.78 is 2.46. The van der Waals surface area contributed by atoms with Gasteiger partial charge < -0.3 is 4.57 Å². The van der Waals surface area contributed by atoms with E-state index < -0.39 is 0 Å². The summed E-state index contributed by atoms with van der Waals surface area (Å²) in [6, 6.07) is 9.91. The molecule has 0 radical (unpaired) electrons. The summed E-state index contributed by atoms with van der Waals surface area (Å²) in [4.78, 5) is 7.45. The van der Waals surface area contributed by atoms with E-state index in [9.17, 15) is 0 Å². The van der Waals surface area contributed by atoms with Gasteiger partial charge in [-0.2, -0.15) is 0 Å². The van der Waals surface area contributed by atoms with E-state index in [4.69, 9.17) is 16.6 Å². The Morgan fingerprint density at radius 1 is 1.15 bits per heavy atom. The first-order valence-electron chi connectivity index (χ1n) is 7.62. The highest BCUT2D eigenvalue weighted by atomic mass is 35.5. The Kier molecular flexibility index (Phi) is 3.20. The zero-order valence-electron chi connectivity index (χ0n) is 11.6. The van der Waals surface area contributed by atoms with Crippen molar-refractivity contribution in [3.63, 3.8) is 0 Å². The van der Waals surface area contributed by atoms with Gasteiger partial charge in [-0.15, -0.1) is 11.6 Å². The molecule has 4 heteroatoms. The fourth-order valence-corrected chi connectivity index (χ4v) is 3.68. The minimum atomic E-state index is 0.571. The number of benzene rings is 1. The molecule has 2 heterocycles. The largest absolute Gasteiger partial charge is 0.323 e. The van der Waals surface area contributed by atoms with Gasteiger partial charge in [0, 0.05) is 37.5 Å². The molecule has 20 heavy (non-hydrogen) atoms. The molecule has 2 fully saturated rings. The Morgan fingerprint density at radius 3 is 2.80 bits per heavy atom. The van der Waals surface area contributed by atoms with Crippen LogP contribution in [-0.4, -0.2) is 39.5 Å². The smallest absolute Gasteiger partial charge is 0.111 e. The Bertz CT molecular complexity index is 617. The number of para-hydroxylation sites is 2. The summed E-state index contributed by atoms with van der Waals surface area (Å²) in [6.45, 7) is 2.42. The topological polar surface area (TPSA) is 21.1 Å². The van der Waals surface area contributed by atoms with Crippen LogP contribution in [0.4, 0.5) is 0 Å². The average molecular weight is 290 g/mol. The molecule has 3 nitrogen and oxygen atoms in total. The van der Waals surface area contributed by atoms with Crippen LogP contribution in [0.3, 0.4) is 0 Å².